The molecular formula is C15H26O3. The molecule has 0 amide bonds. The van der Waals surface area contributed by atoms with Crippen molar-refractivity contribution in [1.29, 1.82) is 0 Å². The summed E-state index contributed by atoms with van der Waals surface area (Å²) in [6, 6.07) is 0. The second-order valence-corrected chi connectivity index (χ2v) is 5.78. The molecule has 0 aromatic heterocycles. The molecule has 0 aromatic carbocycles. The summed E-state index contributed by atoms with van der Waals surface area (Å²) in [5, 5.41) is 8.69. The van der Waals surface area contributed by atoms with E-state index < -0.39 is 11.4 Å². The summed E-state index contributed by atoms with van der Waals surface area (Å²) < 4.78 is 0. The molecule has 1 N–H and O–H groups in total. The number of ketones is 1. The number of carboxylic acid groups (broad SMARTS) is 1. The molecule has 0 bridgehead atoms. The lowest BCUT2D eigenvalue weighted by Gasteiger charge is -2.27. The molecule has 0 saturated carbocycles. The van der Waals surface area contributed by atoms with Crippen molar-refractivity contribution in [3.05, 3.63) is 12.2 Å². The summed E-state index contributed by atoms with van der Waals surface area (Å²) in [5.74, 6) is -0.324. The summed E-state index contributed by atoms with van der Waals surface area (Å²) >= 11 is 0. The van der Waals surface area contributed by atoms with E-state index in [0.29, 0.717) is 12.3 Å². The SMILES string of the molecule is CC=CC(C)CC(C)C(=O)C(C)(C)CCC(=O)O. The molecule has 2 unspecified atom stereocenters. The lowest BCUT2D eigenvalue weighted by atomic mass is 9.76. The maximum atomic E-state index is 12.3. The lowest BCUT2D eigenvalue weighted by Crippen LogP contribution is -2.31. The maximum absolute atomic E-state index is 12.3. The van der Waals surface area contributed by atoms with Crippen LogP contribution in [0.4, 0.5) is 0 Å². The van der Waals surface area contributed by atoms with Crippen molar-refractivity contribution >= 4 is 11.8 Å². The lowest BCUT2D eigenvalue weighted by molar-refractivity contribution is -0.138. The highest BCUT2D eigenvalue weighted by Crippen LogP contribution is 2.29. The molecule has 0 aromatic rings. The van der Waals surface area contributed by atoms with E-state index in [0.717, 1.165) is 6.42 Å². The summed E-state index contributed by atoms with van der Waals surface area (Å²) in [5.41, 5.74) is -0.548. The van der Waals surface area contributed by atoms with Crippen LogP contribution in [0.15, 0.2) is 12.2 Å². The van der Waals surface area contributed by atoms with Crippen LogP contribution in [-0.4, -0.2) is 16.9 Å². The quantitative estimate of drug-likeness (QED) is 0.672. The van der Waals surface area contributed by atoms with Crippen molar-refractivity contribution in [1.82, 2.24) is 0 Å². The summed E-state index contributed by atoms with van der Waals surface area (Å²) in [6.07, 6.45) is 5.37. The van der Waals surface area contributed by atoms with E-state index in [1.54, 1.807) is 0 Å². The van der Waals surface area contributed by atoms with E-state index in [9.17, 15) is 9.59 Å². The highest BCUT2D eigenvalue weighted by atomic mass is 16.4. The molecule has 18 heavy (non-hydrogen) atoms. The molecule has 0 saturated heterocycles. The third-order valence-corrected chi connectivity index (χ3v) is 3.32. The number of carboxylic acids is 1. The van der Waals surface area contributed by atoms with Crippen LogP contribution in [0.25, 0.3) is 0 Å². The van der Waals surface area contributed by atoms with Crippen LogP contribution < -0.4 is 0 Å². The van der Waals surface area contributed by atoms with Gasteiger partial charge < -0.3 is 5.11 Å². The molecule has 0 fully saturated rings. The Labute approximate surface area is 110 Å². The first-order valence-electron chi connectivity index (χ1n) is 6.59. The van der Waals surface area contributed by atoms with Crippen molar-refractivity contribution in [2.24, 2.45) is 17.3 Å². The fourth-order valence-electron chi connectivity index (χ4n) is 2.28. The summed E-state index contributed by atoms with van der Waals surface area (Å²) in [6.45, 7) is 9.68. The van der Waals surface area contributed by atoms with Crippen LogP contribution in [0.5, 0.6) is 0 Å². The number of carbonyl (C=O) groups excluding carboxylic acids is 1. The minimum atomic E-state index is -0.842. The zero-order valence-corrected chi connectivity index (χ0v) is 12.2. The third-order valence-electron chi connectivity index (χ3n) is 3.32. The van der Waals surface area contributed by atoms with Gasteiger partial charge in [-0.15, -0.1) is 0 Å². The van der Waals surface area contributed by atoms with Gasteiger partial charge in [-0.1, -0.05) is 39.8 Å². The first kappa shape index (κ1) is 16.9. The average Bonchev–Trinajstić information content (AvgIpc) is 2.25. The van der Waals surface area contributed by atoms with Gasteiger partial charge in [0.2, 0.25) is 0 Å². The van der Waals surface area contributed by atoms with Crippen molar-refractivity contribution in [2.45, 2.75) is 53.9 Å². The van der Waals surface area contributed by atoms with Crippen LogP contribution >= 0.6 is 0 Å². The molecule has 0 aliphatic heterocycles. The fraction of sp³-hybridized carbons (Fsp3) is 0.733. The molecule has 0 aliphatic carbocycles. The Balaban J connectivity index is 4.46. The average molecular weight is 254 g/mol. The largest absolute Gasteiger partial charge is 0.481 e. The Hall–Kier alpha value is -1.12. The number of aliphatic carboxylic acids is 1. The van der Waals surface area contributed by atoms with Crippen LogP contribution in [0.2, 0.25) is 0 Å². The van der Waals surface area contributed by atoms with Gasteiger partial charge in [-0.25, -0.2) is 0 Å². The molecule has 0 rings (SSSR count). The predicted octanol–water partition coefficient (Wildman–Crippen LogP) is 3.68. The maximum Gasteiger partial charge on any atom is 0.303 e. The molecule has 0 spiro atoms. The number of hydrogen-bond donors (Lipinski definition) is 1. The van der Waals surface area contributed by atoms with Crippen molar-refractivity contribution < 1.29 is 14.7 Å². The molecule has 0 heterocycles. The standard InChI is InChI=1S/C15H26O3/c1-6-7-11(2)10-12(3)14(18)15(4,5)9-8-13(16)17/h6-7,11-12H,8-10H2,1-5H3,(H,16,17). The zero-order valence-electron chi connectivity index (χ0n) is 12.2. The van der Waals surface area contributed by atoms with Crippen LogP contribution in [-0.2, 0) is 9.59 Å². The number of hydrogen-bond acceptors (Lipinski definition) is 2. The summed E-state index contributed by atoms with van der Waals surface area (Å²) in [4.78, 5) is 22.9. The topological polar surface area (TPSA) is 54.4 Å². The van der Waals surface area contributed by atoms with Crippen LogP contribution in [0.3, 0.4) is 0 Å². The van der Waals surface area contributed by atoms with E-state index in [1.165, 1.54) is 0 Å². The van der Waals surface area contributed by atoms with Crippen molar-refractivity contribution in [3.8, 4) is 0 Å². The Bertz CT molecular complexity index is 316. The van der Waals surface area contributed by atoms with Gasteiger partial charge in [0.05, 0.1) is 0 Å². The zero-order chi connectivity index (χ0) is 14.3. The Morgan fingerprint density at radius 2 is 1.83 bits per heavy atom. The first-order valence-corrected chi connectivity index (χ1v) is 6.59. The van der Waals surface area contributed by atoms with Gasteiger partial charge in [0.1, 0.15) is 5.78 Å². The second kappa shape index (κ2) is 7.34. The molecule has 0 aliphatic rings. The highest BCUT2D eigenvalue weighted by Gasteiger charge is 2.31. The van der Waals surface area contributed by atoms with Gasteiger partial charge in [0.15, 0.2) is 0 Å². The highest BCUT2D eigenvalue weighted by molar-refractivity contribution is 5.86. The molecular weight excluding hydrogens is 228 g/mol. The molecule has 2 atom stereocenters. The van der Waals surface area contributed by atoms with Gasteiger partial charge in [-0.2, -0.15) is 0 Å². The minimum Gasteiger partial charge on any atom is -0.481 e. The van der Waals surface area contributed by atoms with Gasteiger partial charge >= 0.3 is 5.97 Å². The van der Waals surface area contributed by atoms with E-state index in [1.807, 2.05) is 33.8 Å². The number of carbonyl (C=O) groups is 2. The second-order valence-electron chi connectivity index (χ2n) is 5.78. The van der Waals surface area contributed by atoms with E-state index in [4.69, 9.17) is 5.11 Å². The van der Waals surface area contributed by atoms with E-state index in [2.05, 4.69) is 13.0 Å². The monoisotopic (exact) mass is 254 g/mol. The Kier molecular flexibility index (Phi) is 6.89. The van der Waals surface area contributed by atoms with Gasteiger partial charge in [-0.05, 0) is 25.7 Å². The van der Waals surface area contributed by atoms with Crippen molar-refractivity contribution in [2.75, 3.05) is 0 Å². The van der Waals surface area contributed by atoms with E-state index in [-0.39, 0.29) is 18.1 Å². The molecule has 3 nitrogen and oxygen atoms in total. The molecule has 3 heteroatoms. The predicted molar refractivity (Wildman–Crippen MR) is 73.4 cm³/mol. The number of allylic oxidation sites excluding steroid dienone is 2. The van der Waals surface area contributed by atoms with Crippen LogP contribution in [0.1, 0.15) is 53.9 Å². The third kappa shape index (κ3) is 5.99. The first-order chi connectivity index (χ1) is 8.20. The fourth-order valence-corrected chi connectivity index (χ4v) is 2.28. The van der Waals surface area contributed by atoms with Crippen LogP contribution in [0, 0.1) is 17.3 Å². The smallest absolute Gasteiger partial charge is 0.303 e. The van der Waals surface area contributed by atoms with Gasteiger partial charge in [0.25, 0.3) is 0 Å². The number of Topliss-reactive ketones (excluding diaryl/α,β-unsaturated/α-hetero) is 1. The Morgan fingerprint density at radius 3 is 2.28 bits per heavy atom. The minimum absolute atomic E-state index is 0.0278. The summed E-state index contributed by atoms with van der Waals surface area (Å²) in [7, 11) is 0. The van der Waals surface area contributed by atoms with Gasteiger partial charge in [0, 0.05) is 17.8 Å². The number of rotatable bonds is 8. The normalized spacial score (nSPS) is 15.6. The molecule has 104 valence electrons. The van der Waals surface area contributed by atoms with E-state index >= 15 is 0 Å². The Morgan fingerprint density at radius 1 is 1.28 bits per heavy atom. The molecule has 0 radical (unpaired) electrons. The van der Waals surface area contributed by atoms with Gasteiger partial charge in [-0.3, -0.25) is 9.59 Å². The van der Waals surface area contributed by atoms with Crippen molar-refractivity contribution in [3.63, 3.8) is 0 Å².